The summed E-state index contributed by atoms with van der Waals surface area (Å²) in [6.45, 7) is 4.81. The number of rotatable bonds is 3. The van der Waals surface area contributed by atoms with Crippen LogP contribution in [0.1, 0.15) is 28.6 Å². The lowest BCUT2D eigenvalue weighted by atomic mass is 10.2. The summed E-state index contributed by atoms with van der Waals surface area (Å²) in [5.41, 5.74) is 5.20. The maximum Gasteiger partial charge on any atom is 0.128 e. The summed E-state index contributed by atoms with van der Waals surface area (Å²) < 4.78 is 2.19. The number of imidazole rings is 1. The number of alkyl halides is 1. The highest BCUT2D eigenvalue weighted by Crippen LogP contribution is 2.27. The average molecular weight is 292 g/mol. The molecule has 98 valence electrons. The number of hydrogen-bond donors (Lipinski definition) is 0. The van der Waals surface area contributed by atoms with Gasteiger partial charge in [-0.3, -0.25) is 4.98 Å². The van der Waals surface area contributed by atoms with Crippen LogP contribution in [0.3, 0.4) is 0 Å². The molecule has 0 fully saturated rings. The smallest absolute Gasteiger partial charge is 0.128 e. The van der Waals surface area contributed by atoms with Gasteiger partial charge in [0, 0.05) is 11.1 Å². The zero-order chi connectivity index (χ0) is 13.4. The first-order chi connectivity index (χ1) is 9.16. The maximum absolute atomic E-state index is 6.28. The predicted octanol–water partition coefficient (Wildman–Crippen LogP) is 4.15. The molecule has 3 rings (SSSR count). The normalized spacial score (nSPS) is 13.0. The Bertz CT molecular complexity index is 701. The van der Waals surface area contributed by atoms with Crippen LogP contribution in [0.5, 0.6) is 0 Å². The summed E-state index contributed by atoms with van der Waals surface area (Å²) in [6.07, 6.45) is 1.90. The second-order valence-corrected chi connectivity index (χ2v) is 6.21. The summed E-state index contributed by atoms with van der Waals surface area (Å²) in [5.74, 6) is 0.916. The van der Waals surface area contributed by atoms with Crippen LogP contribution in [0.25, 0.3) is 11.0 Å². The Kier molecular flexibility index (Phi) is 3.29. The molecule has 1 aromatic carbocycles. The Labute approximate surface area is 120 Å². The van der Waals surface area contributed by atoms with Gasteiger partial charge in [0.1, 0.15) is 5.82 Å². The van der Waals surface area contributed by atoms with Crippen LogP contribution in [-0.4, -0.2) is 14.5 Å². The van der Waals surface area contributed by atoms with Gasteiger partial charge < -0.3 is 4.57 Å². The number of halogens is 1. The van der Waals surface area contributed by atoms with Crippen LogP contribution in [0.15, 0.2) is 29.9 Å². The van der Waals surface area contributed by atoms with Crippen molar-refractivity contribution < 1.29 is 0 Å². The topological polar surface area (TPSA) is 30.7 Å². The summed E-state index contributed by atoms with van der Waals surface area (Å²) in [7, 11) is 0. The van der Waals surface area contributed by atoms with Crippen molar-refractivity contribution in [2.45, 2.75) is 25.8 Å². The number of nitrogens with zero attached hydrogens (tertiary/aromatic N) is 3. The lowest BCUT2D eigenvalue weighted by molar-refractivity contribution is 0.749. The van der Waals surface area contributed by atoms with Gasteiger partial charge in [0.05, 0.1) is 28.5 Å². The Morgan fingerprint density at radius 1 is 1.42 bits per heavy atom. The summed E-state index contributed by atoms with van der Waals surface area (Å²) in [6, 6.07) is 6.24. The Morgan fingerprint density at radius 2 is 2.26 bits per heavy atom. The van der Waals surface area contributed by atoms with Gasteiger partial charge in [-0.1, -0.05) is 12.1 Å². The van der Waals surface area contributed by atoms with E-state index in [2.05, 4.69) is 34.7 Å². The zero-order valence-electron chi connectivity index (χ0n) is 10.8. The van der Waals surface area contributed by atoms with Gasteiger partial charge in [-0.25, -0.2) is 4.98 Å². The van der Waals surface area contributed by atoms with Crippen LogP contribution in [0.2, 0.25) is 0 Å². The van der Waals surface area contributed by atoms with Crippen LogP contribution in [0, 0.1) is 6.92 Å². The molecular weight excluding hydrogens is 278 g/mol. The third-order valence-electron chi connectivity index (χ3n) is 3.16. The van der Waals surface area contributed by atoms with Gasteiger partial charge >= 0.3 is 0 Å². The third-order valence-corrected chi connectivity index (χ3v) is 4.12. The molecule has 2 heterocycles. The molecule has 0 aliphatic rings. The summed E-state index contributed by atoms with van der Waals surface area (Å²) >= 11 is 7.93. The van der Waals surface area contributed by atoms with Crippen molar-refractivity contribution >= 4 is 34.0 Å². The van der Waals surface area contributed by atoms with Crippen molar-refractivity contribution in [2.24, 2.45) is 0 Å². The van der Waals surface area contributed by atoms with E-state index in [-0.39, 0.29) is 5.38 Å². The molecule has 19 heavy (non-hydrogen) atoms. The van der Waals surface area contributed by atoms with Gasteiger partial charge in [-0.05, 0) is 25.5 Å². The second kappa shape index (κ2) is 4.94. The molecule has 2 aromatic heterocycles. The minimum Gasteiger partial charge on any atom is -0.321 e. The van der Waals surface area contributed by atoms with Crippen molar-refractivity contribution in [2.75, 3.05) is 0 Å². The van der Waals surface area contributed by atoms with Crippen molar-refractivity contribution in [3.63, 3.8) is 0 Å². The van der Waals surface area contributed by atoms with E-state index in [4.69, 9.17) is 16.6 Å². The maximum atomic E-state index is 6.28. The van der Waals surface area contributed by atoms with Gasteiger partial charge in [-0.15, -0.1) is 22.9 Å². The Hall–Kier alpha value is -1.39. The molecular formula is C14H14ClN3S. The number of benzene rings is 1. The molecule has 3 nitrogen and oxygen atoms in total. The standard InChI is InChI=1S/C14H14ClN3S/c1-9-4-3-5-12-13(9)17-14(10(2)15)18(12)7-11-6-16-8-19-11/h3-6,8,10H,7H2,1-2H3. The molecule has 0 saturated heterocycles. The fourth-order valence-corrected chi connectivity index (χ4v) is 3.00. The SMILES string of the molecule is Cc1cccc2c1nc(C(C)Cl)n2Cc1cncs1. The molecule has 0 N–H and O–H groups in total. The lowest BCUT2D eigenvalue weighted by Gasteiger charge is -2.08. The van der Waals surface area contributed by atoms with Crippen LogP contribution < -0.4 is 0 Å². The van der Waals surface area contributed by atoms with E-state index in [0.29, 0.717) is 0 Å². The van der Waals surface area contributed by atoms with E-state index in [0.717, 1.165) is 23.4 Å². The van der Waals surface area contributed by atoms with Crippen LogP contribution in [-0.2, 0) is 6.54 Å². The fourth-order valence-electron chi connectivity index (χ4n) is 2.25. The van der Waals surface area contributed by atoms with E-state index in [1.165, 1.54) is 10.4 Å². The first-order valence-corrected chi connectivity index (χ1v) is 7.45. The first-order valence-electron chi connectivity index (χ1n) is 6.14. The molecule has 0 aliphatic heterocycles. The van der Waals surface area contributed by atoms with E-state index >= 15 is 0 Å². The number of aryl methyl sites for hydroxylation is 1. The average Bonchev–Trinajstić information content (AvgIpc) is 2.99. The molecule has 5 heteroatoms. The first kappa shape index (κ1) is 12.6. The number of thiazole rings is 1. The van der Waals surface area contributed by atoms with Crippen LogP contribution in [0.4, 0.5) is 0 Å². The minimum absolute atomic E-state index is 0.111. The zero-order valence-corrected chi connectivity index (χ0v) is 12.4. The molecule has 0 saturated carbocycles. The van der Waals surface area contributed by atoms with Gasteiger partial charge in [0.2, 0.25) is 0 Å². The van der Waals surface area contributed by atoms with Crippen molar-refractivity contribution in [1.29, 1.82) is 0 Å². The van der Waals surface area contributed by atoms with Gasteiger partial charge in [0.25, 0.3) is 0 Å². The second-order valence-electron chi connectivity index (χ2n) is 4.58. The third kappa shape index (κ3) is 2.26. The number of fused-ring (bicyclic) bond motifs is 1. The van der Waals surface area contributed by atoms with E-state index in [9.17, 15) is 0 Å². The van der Waals surface area contributed by atoms with Crippen molar-refractivity contribution in [3.05, 3.63) is 46.2 Å². The summed E-state index contributed by atoms with van der Waals surface area (Å²) in [5, 5.41) is -0.111. The highest BCUT2D eigenvalue weighted by molar-refractivity contribution is 7.09. The number of aromatic nitrogens is 3. The highest BCUT2D eigenvalue weighted by atomic mass is 35.5. The minimum atomic E-state index is -0.111. The van der Waals surface area contributed by atoms with E-state index < -0.39 is 0 Å². The summed E-state index contributed by atoms with van der Waals surface area (Å²) in [4.78, 5) is 10.0. The molecule has 0 aliphatic carbocycles. The number of para-hydroxylation sites is 1. The molecule has 1 atom stereocenters. The Balaban J connectivity index is 2.19. The molecule has 0 spiro atoms. The van der Waals surface area contributed by atoms with Crippen LogP contribution >= 0.6 is 22.9 Å². The van der Waals surface area contributed by atoms with Crippen molar-refractivity contribution in [1.82, 2.24) is 14.5 Å². The van der Waals surface area contributed by atoms with Gasteiger partial charge in [-0.2, -0.15) is 0 Å². The fraction of sp³-hybridized carbons (Fsp3) is 0.286. The molecule has 0 amide bonds. The molecule has 3 aromatic rings. The van der Waals surface area contributed by atoms with Gasteiger partial charge in [0.15, 0.2) is 0 Å². The molecule has 0 bridgehead atoms. The highest BCUT2D eigenvalue weighted by Gasteiger charge is 2.16. The van der Waals surface area contributed by atoms with E-state index in [1.807, 2.05) is 18.6 Å². The predicted molar refractivity (Wildman–Crippen MR) is 80.0 cm³/mol. The molecule has 1 unspecified atom stereocenters. The van der Waals surface area contributed by atoms with Crippen molar-refractivity contribution in [3.8, 4) is 0 Å². The monoisotopic (exact) mass is 291 g/mol. The Morgan fingerprint density at radius 3 is 2.95 bits per heavy atom. The number of hydrogen-bond acceptors (Lipinski definition) is 3. The van der Waals surface area contributed by atoms with E-state index in [1.54, 1.807) is 11.3 Å². The molecule has 0 radical (unpaired) electrons. The lowest BCUT2D eigenvalue weighted by Crippen LogP contribution is -2.04. The quantitative estimate of drug-likeness (QED) is 0.679. The largest absolute Gasteiger partial charge is 0.321 e.